The molecule has 1 unspecified atom stereocenters. The maximum atomic E-state index is 5.54. The van der Waals surface area contributed by atoms with Crippen molar-refractivity contribution in [3.8, 4) is 0 Å². The van der Waals surface area contributed by atoms with Crippen molar-refractivity contribution in [3.05, 3.63) is 5.82 Å². The second kappa shape index (κ2) is 4.86. The van der Waals surface area contributed by atoms with Crippen LogP contribution >= 0.6 is 0 Å². The first-order chi connectivity index (χ1) is 7.72. The molecular weight excluding hydrogens is 206 g/mol. The third-order valence-corrected chi connectivity index (χ3v) is 3.05. The fourth-order valence-corrected chi connectivity index (χ4v) is 2.02. The zero-order valence-electron chi connectivity index (χ0n) is 9.87. The number of piperazine rings is 1. The summed E-state index contributed by atoms with van der Waals surface area (Å²) in [6, 6.07) is 0.264. The van der Waals surface area contributed by atoms with E-state index in [4.69, 9.17) is 5.73 Å². The van der Waals surface area contributed by atoms with Gasteiger partial charge in [-0.05, 0) is 24.5 Å². The van der Waals surface area contributed by atoms with Crippen molar-refractivity contribution < 1.29 is 0 Å². The number of rotatable bonds is 3. The van der Waals surface area contributed by atoms with E-state index in [2.05, 4.69) is 39.4 Å². The van der Waals surface area contributed by atoms with E-state index in [1.165, 1.54) is 0 Å². The predicted molar refractivity (Wildman–Crippen MR) is 59.7 cm³/mol. The molecular formula is C9H19N7. The zero-order chi connectivity index (χ0) is 11.5. The first-order valence-electron chi connectivity index (χ1n) is 5.57. The molecule has 1 atom stereocenters. The highest BCUT2D eigenvalue weighted by Gasteiger charge is 2.28. The molecule has 0 spiro atoms. The SMILES string of the molecule is CN1CCN(C)C(c2nnnn2CCN)C1. The first-order valence-corrected chi connectivity index (χ1v) is 5.57. The predicted octanol–water partition coefficient (Wildman–Crippen LogP) is -1.45. The van der Waals surface area contributed by atoms with E-state index in [0.29, 0.717) is 13.1 Å². The molecule has 1 fully saturated rings. The van der Waals surface area contributed by atoms with Gasteiger partial charge in [0.05, 0.1) is 12.6 Å². The Balaban J connectivity index is 2.17. The van der Waals surface area contributed by atoms with E-state index in [-0.39, 0.29) is 6.04 Å². The Labute approximate surface area is 95.2 Å². The number of likely N-dealkylation sites (N-methyl/N-ethyl adjacent to an activating group) is 2. The van der Waals surface area contributed by atoms with Gasteiger partial charge in [0.2, 0.25) is 0 Å². The van der Waals surface area contributed by atoms with Gasteiger partial charge in [0.1, 0.15) is 0 Å². The lowest BCUT2D eigenvalue weighted by atomic mass is 10.2. The fourth-order valence-electron chi connectivity index (χ4n) is 2.02. The molecule has 2 N–H and O–H groups in total. The van der Waals surface area contributed by atoms with Crippen LogP contribution < -0.4 is 5.73 Å². The number of tetrazole rings is 1. The average Bonchev–Trinajstić information content (AvgIpc) is 2.70. The largest absolute Gasteiger partial charge is 0.329 e. The van der Waals surface area contributed by atoms with Gasteiger partial charge in [-0.1, -0.05) is 0 Å². The van der Waals surface area contributed by atoms with E-state index in [1.54, 1.807) is 4.68 Å². The summed E-state index contributed by atoms with van der Waals surface area (Å²) in [5.74, 6) is 0.916. The van der Waals surface area contributed by atoms with Crippen molar-refractivity contribution in [2.24, 2.45) is 5.73 Å². The van der Waals surface area contributed by atoms with E-state index in [0.717, 1.165) is 25.5 Å². The van der Waals surface area contributed by atoms with Crippen molar-refractivity contribution in [1.82, 2.24) is 30.0 Å². The van der Waals surface area contributed by atoms with Crippen LogP contribution in [0.4, 0.5) is 0 Å². The molecule has 7 heteroatoms. The summed E-state index contributed by atoms with van der Waals surface area (Å²) in [5.41, 5.74) is 5.54. The smallest absolute Gasteiger partial charge is 0.169 e. The summed E-state index contributed by atoms with van der Waals surface area (Å²) in [5, 5.41) is 11.8. The molecule has 90 valence electrons. The Hall–Kier alpha value is -1.05. The van der Waals surface area contributed by atoms with E-state index >= 15 is 0 Å². The standard InChI is InChI=1S/C9H19N7/c1-14-5-6-15(2)8(7-14)9-11-12-13-16(9)4-3-10/h8H,3-7,10H2,1-2H3. The van der Waals surface area contributed by atoms with Crippen LogP contribution in [0.3, 0.4) is 0 Å². The summed E-state index contributed by atoms with van der Waals surface area (Å²) in [6.07, 6.45) is 0. The number of hydrogen-bond donors (Lipinski definition) is 1. The maximum absolute atomic E-state index is 5.54. The first kappa shape index (κ1) is 11.4. The zero-order valence-corrected chi connectivity index (χ0v) is 9.87. The minimum Gasteiger partial charge on any atom is -0.329 e. The maximum Gasteiger partial charge on any atom is 0.169 e. The van der Waals surface area contributed by atoms with E-state index in [1.807, 2.05) is 0 Å². The molecule has 0 aliphatic carbocycles. The van der Waals surface area contributed by atoms with Crippen LogP contribution in [-0.4, -0.2) is 70.3 Å². The second-order valence-electron chi connectivity index (χ2n) is 4.31. The van der Waals surface area contributed by atoms with Crippen LogP contribution in [0.1, 0.15) is 11.9 Å². The van der Waals surface area contributed by atoms with Gasteiger partial charge in [-0.15, -0.1) is 5.10 Å². The van der Waals surface area contributed by atoms with Gasteiger partial charge in [-0.2, -0.15) is 0 Å². The molecule has 1 aliphatic heterocycles. The van der Waals surface area contributed by atoms with Crippen LogP contribution in [-0.2, 0) is 6.54 Å². The summed E-state index contributed by atoms with van der Waals surface area (Å²) >= 11 is 0. The van der Waals surface area contributed by atoms with Gasteiger partial charge < -0.3 is 10.6 Å². The van der Waals surface area contributed by atoms with Gasteiger partial charge in [0, 0.05) is 26.2 Å². The van der Waals surface area contributed by atoms with Crippen LogP contribution in [0.5, 0.6) is 0 Å². The molecule has 0 aromatic carbocycles. The van der Waals surface area contributed by atoms with E-state index < -0.39 is 0 Å². The van der Waals surface area contributed by atoms with Crippen molar-refractivity contribution >= 4 is 0 Å². The lowest BCUT2D eigenvalue weighted by Crippen LogP contribution is -2.45. The monoisotopic (exact) mass is 225 g/mol. The molecule has 7 nitrogen and oxygen atoms in total. The quantitative estimate of drug-likeness (QED) is 0.678. The van der Waals surface area contributed by atoms with Gasteiger partial charge in [-0.3, -0.25) is 4.90 Å². The van der Waals surface area contributed by atoms with Crippen LogP contribution in [0.2, 0.25) is 0 Å². The molecule has 0 bridgehead atoms. The molecule has 2 rings (SSSR count). The molecule has 0 amide bonds. The lowest BCUT2D eigenvalue weighted by Gasteiger charge is -2.36. The highest BCUT2D eigenvalue weighted by atomic mass is 15.6. The van der Waals surface area contributed by atoms with Crippen molar-refractivity contribution in [2.45, 2.75) is 12.6 Å². The molecule has 0 saturated carbocycles. The van der Waals surface area contributed by atoms with Gasteiger partial charge in [0.15, 0.2) is 5.82 Å². The number of nitrogens with zero attached hydrogens (tertiary/aromatic N) is 6. The Morgan fingerprint density at radius 3 is 2.94 bits per heavy atom. The third kappa shape index (κ3) is 2.21. The Bertz CT molecular complexity index is 336. The Morgan fingerprint density at radius 2 is 2.19 bits per heavy atom. The van der Waals surface area contributed by atoms with Crippen LogP contribution in [0.25, 0.3) is 0 Å². The topological polar surface area (TPSA) is 76.1 Å². The summed E-state index contributed by atoms with van der Waals surface area (Å²) in [7, 11) is 4.23. The highest BCUT2D eigenvalue weighted by molar-refractivity contribution is 4.96. The van der Waals surface area contributed by atoms with Crippen molar-refractivity contribution in [2.75, 3.05) is 40.3 Å². The van der Waals surface area contributed by atoms with E-state index in [9.17, 15) is 0 Å². The van der Waals surface area contributed by atoms with Crippen LogP contribution in [0.15, 0.2) is 0 Å². The molecule has 1 aromatic heterocycles. The molecule has 0 radical (unpaired) electrons. The van der Waals surface area contributed by atoms with Gasteiger partial charge in [0.25, 0.3) is 0 Å². The third-order valence-electron chi connectivity index (χ3n) is 3.05. The minimum absolute atomic E-state index is 0.264. The Morgan fingerprint density at radius 1 is 1.38 bits per heavy atom. The molecule has 2 heterocycles. The molecule has 1 saturated heterocycles. The second-order valence-corrected chi connectivity index (χ2v) is 4.31. The number of hydrogen-bond acceptors (Lipinski definition) is 6. The Kier molecular flexibility index (Phi) is 3.47. The van der Waals surface area contributed by atoms with Gasteiger partial charge >= 0.3 is 0 Å². The van der Waals surface area contributed by atoms with Crippen LogP contribution in [0, 0.1) is 0 Å². The summed E-state index contributed by atoms with van der Waals surface area (Å²) in [6.45, 7) is 4.32. The normalized spacial score (nSPS) is 23.8. The fraction of sp³-hybridized carbons (Fsp3) is 0.889. The molecule has 1 aliphatic rings. The minimum atomic E-state index is 0.264. The molecule has 16 heavy (non-hydrogen) atoms. The summed E-state index contributed by atoms with van der Waals surface area (Å²) in [4.78, 5) is 4.59. The number of nitrogens with two attached hydrogens (primary N) is 1. The van der Waals surface area contributed by atoms with Crippen molar-refractivity contribution in [3.63, 3.8) is 0 Å². The van der Waals surface area contributed by atoms with Crippen molar-refractivity contribution in [1.29, 1.82) is 0 Å². The summed E-state index contributed by atoms with van der Waals surface area (Å²) < 4.78 is 1.81. The average molecular weight is 225 g/mol. The lowest BCUT2D eigenvalue weighted by molar-refractivity contribution is 0.106. The molecule has 1 aromatic rings. The van der Waals surface area contributed by atoms with Gasteiger partial charge in [-0.25, -0.2) is 4.68 Å². The highest BCUT2D eigenvalue weighted by Crippen LogP contribution is 2.20. The number of aromatic nitrogens is 4.